The summed E-state index contributed by atoms with van der Waals surface area (Å²) in [4.78, 5) is 2.60. The summed E-state index contributed by atoms with van der Waals surface area (Å²) < 4.78 is 0. The van der Waals surface area contributed by atoms with Crippen LogP contribution in [0.3, 0.4) is 0 Å². The van der Waals surface area contributed by atoms with Crippen LogP contribution in [-0.4, -0.2) is 19.1 Å². The third kappa shape index (κ3) is 2.70. The van der Waals surface area contributed by atoms with Crippen molar-refractivity contribution in [3.63, 3.8) is 0 Å². The van der Waals surface area contributed by atoms with E-state index in [4.69, 9.17) is 18.0 Å². The molecular weight excluding hydrogens is 180 g/mol. The molecule has 0 atom stereocenters. The van der Waals surface area contributed by atoms with E-state index in [1.807, 2.05) is 26.2 Å². The Morgan fingerprint density at radius 1 is 1.38 bits per heavy atom. The fraction of sp³-hybridized carbons (Fsp3) is 0.300. The minimum absolute atomic E-state index is 0.536. The van der Waals surface area contributed by atoms with Crippen LogP contribution in [0.5, 0.6) is 0 Å². The van der Waals surface area contributed by atoms with Crippen LogP contribution in [0.25, 0.3) is 0 Å². The summed E-state index contributed by atoms with van der Waals surface area (Å²) in [6.45, 7) is 0. The molecule has 0 bridgehead atoms. The highest BCUT2D eigenvalue weighted by Crippen LogP contribution is 2.18. The van der Waals surface area contributed by atoms with E-state index in [9.17, 15) is 0 Å². The zero-order chi connectivity index (χ0) is 9.84. The molecule has 1 aromatic carbocycles. The molecule has 0 aliphatic rings. The van der Waals surface area contributed by atoms with Crippen molar-refractivity contribution in [3.8, 4) is 0 Å². The SMILES string of the molecule is CN(C)c1ccccc1CC(N)=S. The van der Waals surface area contributed by atoms with Crippen molar-refractivity contribution in [1.82, 2.24) is 0 Å². The molecule has 3 heteroatoms. The van der Waals surface area contributed by atoms with Crippen LogP contribution < -0.4 is 10.6 Å². The number of rotatable bonds is 3. The number of thiocarbonyl (C=S) groups is 1. The summed E-state index contributed by atoms with van der Waals surface area (Å²) >= 11 is 4.88. The highest BCUT2D eigenvalue weighted by atomic mass is 32.1. The summed E-state index contributed by atoms with van der Waals surface area (Å²) in [6, 6.07) is 8.13. The number of anilines is 1. The van der Waals surface area contributed by atoms with Crippen molar-refractivity contribution in [2.24, 2.45) is 5.73 Å². The molecule has 0 fully saturated rings. The van der Waals surface area contributed by atoms with Gasteiger partial charge in [-0.3, -0.25) is 0 Å². The molecule has 0 saturated heterocycles. The first-order chi connectivity index (χ1) is 6.11. The van der Waals surface area contributed by atoms with E-state index in [1.54, 1.807) is 0 Å². The lowest BCUT2D eigenvalue weighted by molar-refractivity contribution is 1.10. The minimum Gasteiger partial charge on any atom is -0.393 e. The van der Waals surface area contributed by atoms with Crippen molar-refractivity contribution in [2.75, 3.05) is 19.0 Å². The van der Waals surface area contributed by atoms with Crippen LogP contribution in [0.15, 0.2) is 24.3 Å². The highest BCUT2D eigenvalue weighted by molar-refractivity contribution is 7.80. The van der Waals surface area contributed by atoms with Crippen LogP contribution in [0.4, 0.5) is 5.69 Å². The average Bonchev–Trinajstić information content (AvgIpc) is 2.03. The lowest BCUT2D eigenvalue weighted by atomic mass is 10.1. The second-order valence-corrected chi connectivity index (χ2v) is 3.69. The summed E-state index contributed by atoms with van der Waals surface area (Å²) in [5, 5.41) is 0. The summed E-state index contributed by atoms with van der Waals surface area (Å²) in [6.07, 6.45) is 0.670. The zero-order valence-electron chi connectivity index (χ0n) is 7.95. The largest absolute Gasteiger partial charge is 0.393 e. The molecule has 0 amide bonds. The van der Waals surface area contributed by atoms with E-state index in [-0.39, 0.29) is 0 Å². The van der Waals surface area contributed by atoms with Crippen molar-refractivity contribution in [1.29, 1.82) is 0 Å². The van der Waals surface area contributed by atoms with Gasteiger partial charge >= 0.3 is 0 Å². The molecule has 13 heavy (non-hydrogen) atoms. The molecule has 0 heterocycles. The minimum atomic E-state index is 0.536. The fourth-order valence-corrected chi connectivity index (χ4v) is 1.44. The number of hydrogen-bond donors (Lipinski definition) is 1. The molecule has 0 radical (unpaired) electrons. The smallest absolute Gasteiger partial charge is 0.0772 e. The normalized spacial score (nSPS) is 9.69. The Bertz CT molecular complexity index is 308. The highest BCUT2D eigenvalue weighted by Gasteiger charge is 2.03. The molecule has 0 saturated carbocycles. The lowest BCUT2D eigenvalue weighted by Crippen LogP contribution is -2.16. The van der Waals surface area contributed by atoms with E-state index in [0.29, 0.717) is 11.4 Å². The maximum absolute atomic E-state index is 5.51. The first-order valence-corrected chi connectivity index (χ1v) is 4.55. The van der Waals surface area contributed by atoms with Crippen LogP contribution in [0.2, 0.25) is 0 Å². The van der Waals surface area contributed by atoms with Gasteiger partial charge in [0, 0.05) is 26.2 Å². The van der Waals surface area contributed by atoms with Gasteiger partial charge in [0.05, 0.1) is 4.99 Å². The monoisotopic (exact) mass is 194 g/mol. The number of nitrogens with zero attached hydrogens (tertiary/aromatic N) is 1. The van der Waals surface area contributed by atoms with E-state index in [1.165, 1.54) is 11.3 Å². The van der Waals surface area contributed by atoms with E-state index >= 15 is 0 Å². The molecule has 0 aliphatic carbocycles. The summed E-state index contributed by atoms with van der Waals surface area (Å²) in [7, 11) is 4.02. The predicted molar refractivity (Wildman–Crippen MR) is 61.3 cm³/mol. The fourth-order valence-electron chi connectivity index (χ4n) is 1.28. The van der Waals surface area contributed by atoms with Gasteiger partial charge in [0.1, 0.15) is 0 Å². The molecule has 0 aromatic heterocycles. The second kappa shape index (κ2) is 4.23. The molecule has 0 aliphatic heterocycles. The summed E-state index contributed by atoms with van der Waals surface area (Å²) in [5.74, 6) is 0. The Balaban J connectivity index is 2.97. The topological polar surface area (TPSA) is 29.3 Å². The molecule has 2 nitrogen and oxygen atoms in total. The van der Waals surface area contributed by atoms with Gasteiger partial charge in [-0.25, -0.2) is 0 Å². The van der Waals surface area contributed by atoms with Gasteiger partial charge < -0.3 is 10.6 Å². The maximum Gasteiger partial charge on any atom is 0.0772 e. The standard InChI is InChI=1S/C10H14N2S/c1-12(2)9-6-4-3-5-8(9)7-10(11)13/h3-6H,7H2,1-2H3,(H2,11,13). The number of benzene rings is 1. The molecule has 70 valence electrons. The molecule has 0 spiro atoms. The van der Waals surface area contributed by atoms with Crippen LogP contribution in [0, 0.1) is 0 Å². The molecular formula is C10H14N2S. The van der Waals surface area contributed by atoms with E-state index < -0.39 is 0 Å². The van der Waals surface area contributed by atoms with Crippen LogP contribution in [0.1, 0.15) is 5.56 Å². The van der Waals surface area contributed by atoms with Crippen LogP contribution >= 0.6 is 12.2 Å². The number of para-hydroxylation sites is 1. The van der Waals surface area contributed by atoms with E-state index in [0.717, 1.165) is 0 Å². The Kier molecular flexibility index (Phi) is 3.25. The number of nitrogens with two attached hydrogens (primary N) is 1. The van der Waals surface area contributed by atoms with Gasteiger partial charge in [-0.1, -0.05) is 30.4 Å². The van der Waals surface area contributed by atoms with Crippen molar-refractivity contribution < 1.29 is 0 Å². The first-order valence-electron chi connectivity index (χ1n) is 4.15. The van der Waals surface area contributed by atoms with E-state index in [2.05, 4.69) is 17.0 Å². The molecule has 1 rings (SSSR count). The van der Waals surface area contributed by atoms with Gasteiger partial charge in [-0.2, -0.15) is 0 Å². The molecule has 2 N–H and O–H groups in total. The van der Waals surface area contributed by atoms with Gasteiger partial charge in [0.25, 0.3) is 0 Å². The van der Waals surface area contributed by atoms with Crippen molar-refractivity contribution in [2.45, 2.75) is 6.42 Å². The van der Waals surface area contributed by atoms with Gasteiger partial charge in [-0.15, -0.1) is 0 Å². The number of hydrogen-bond acceptors (Lipinski definition) is 2. The third-order valence-corrected chi connectivity index (χ3v) is 1.98. The van der Waals surface area contributed by atoms with Gasteiger partial charge in [0.2, 0.25) is 0 Å². The Hall–Kier alpha value is -1.09. The quantitative estimate of drug-likeness (QED) is 0.741. The third-order valence-electron chi connectivity index (χ3n) is 1.84. The Labute approximate surface area is 84.3 Å². The lowest BCUT2D eigenvalue weighted by Gasteiger charge is -2.16. The Morgan fingerprint density at radius 2 is 2.00 bits per heavy atom. The van der Waals surface area contributed by atoms with Crippen LogP contribution in [-0.2, 0) is 6.42 Å². The van der Waals surface area contributed by atoms with Crippen molar-refractivity contribution in [3.05, 3.63) is 29.8 Å². The van der Waals surface area contributed by atoms with Crippen molar-refractivity contribution >= 4 is 22.9 Å². The van der Waals surface area contributed by atoms with Gasteiger partial charge in [0.15, 0.2) is 0 Å². The maximum atomic E-state index is 5.51. The van der Waals surface area contributed by atoms with Gasteiger partial charge in [-0.05, 0) is 11.6 Å². The summed E-state index contributed by atoms with van der Waals surface area (Å²) in [5.41, 5.74) is 7.86. The first kappa shape index (κ1) is 9.99. The Morgan fingerprint density at radius 3 is 2.54 bits per heavy atom. The predicted octanol–water partition coefficient (Wildman–Crippen LogP) is 1.58. The second-order valence-electron chi connectivity index (χ2n) is 3.17. The molecule has 1 aromatic rings. The zero-order valence-corrected chi connectivity index (χ0v) is 8.77. The average molecular weight is 194 g/mol. The molecule has 0 unspecified atom stereocenters.